The molecule has 1 aromatic carbocycles. The van der Waals surface area contributed by atoms with Gasteiger partial charge < -0.3 is 22.1 Å². The number of hydrogen-bond donors (Lipinski definition) is 4. The number of rotatable bonds is 7. The minimum absolute atomic E-state index is 0.126. The maximum atomic E-state index is 13.1. The summed E-state index contributed by atoms with van der Waals surface area (Å²) >= 11 is 0. The summed E-state index contributed by atoms with van der Waals surface area (Å²) in [4.78, 5) is 20.3. The zero-order valence-corrected chi connectivity index (χ0v) is 14.2. The van der Waals surface area contributed by atoms with Gasteiger partial charge >= 0.3 is 0 Å². The van der Waals surface area contributed by atoms with Crippen molar-refractivity contribution in [3.8, 4) is 0 Å². The van der Waals surface area contributed by atoms with E-state index in [1.54, 1.807) is 12.1 Å². The van der Waals surface area contributed by atoms with Crippen LogP contribution in [0.15, 0.2) is 30.5 Å². The van der Waals surface area contributed by atoms with E-state index in [2.05, 4.69) is 20.6 Å². The van der Waals surface area contributed by atoms with Crippen molar-refractivity contribution in [2.75, 3.05) is 10.6 Å². The average Bonchev–Trinajstić information content (AvgIpc) is 3.52. The highest BCUT2D eigenvalue weighted by molar-refractivity contribution is 5.98. The number of carbonyl (C=O) groups is 1. The Labute approximate surface area is 150 Å². The molecule has 2 aromatic rings. The Bertz CT molecular complexity index is 832. The standard InChI is InChI=1S/C18H21FN6O/c19-11-3-5-12(6-4-11)23-16-13(15(20)26)9-22-17(25-16)24-14(10-1-2-10)18(21)7-8-18/h3-6,9-10,14H,1-2,7-8,21H2,(H2,20,26)(H2,22,23,24,25)/t14-/m1/s1. The van der Waals surface area contributed by atoms with Crippen LogP contribution in [0.2, 0.25) is 0 Å². The third kappa shape index (κ3) is 3.45. The molecule has 2 aliphatic carbocycles. The number of amides is 1. The maximum Gasteiger partial charge on any atom is 0.254 e. The van der Waals surface area contributed by atoms with E-state index in [-0.39, 0.29) is 28.8 Å². The van der Waals surface area contributed by atoms with Gasteiger partial charge in [-0.25, -0.2) is 9.37 Å². The predicted octanol–water partition coefficient (Wildman–Crippen LogP) is 2.14. The molecule has 2 aliphatic rings. The number of nitrogens with zero attached hydrogens (tertiary/aromatic N) is 2. The highest BCUT2D eigenvalue weighted by Gasteiger charge is 2.52. The number of anilines is 3. The lowest BCUT2D eigenvalue weighted by atomic mass is 10.0. The Hall–Kier alpha value is -2.74. The van der Waals surface area contributed by atoms with Crippen molar-refractivity contribution in [3.63, 3.8) is 0 Å². The van der Waals surface area contributed by atoms with Gasteiger partial charge in [0, 0.05) is 23.5 Å². The molecule has 136 valence electrons. The molecule has 1 heterocycles. The van der Waals surface area contributed by atoms with Gasteiger partial charge in [0.25, 0.3) is 5.91 Å². The molecular formula is C18H21FN6O. The lowest BCUT2D eigenvalue weighted by Crippen LogP contribution is -2.44. The van der Waals surface area contributed by atoms with Gasteiger partial charge in [-0.1, -0.05) is 0 Å². The molecule has 2 saturated carbocycles. The Morgan fingerprint density at radius 3 is 2.54 bits per heavy atom. The fourth-order valence-corrected chi connectivity index (χ4v) is 3.15. The van der Waals surface area contributed by atoms with Crippen LogP contribution in [0.5, 0.6) is 0 Å². The first-order valence-electron chi connectivity index (χ1n) is 8.69. The van der Waals surface area contributed by atoms with E-state index in [1.165, 1.54) is 18.3 Å². The molecule has 4 rings (SSSR count). The third-order valence-electron chi connectivity index (χ3n) is 4.99. The summed E-state index contributed by atoms with van der Waals surface area (Å²) in [5.41, 5.74) is 12.4. The van der Waals surface area contributed by atoms with E-state index < -0.39 is 5.91 Å². The predicted molar refractivity (Wildman–Crippen MR) is 96.5 cm³/mol. The molecule has 0 bridgehead atoms. The van der Waals surface area contributed by atoms with Gasteiger partial charge in [-0.2, -0.15) is 4.98 Å². The molecule has 0 spiro atoms. The van der Waals surface area contributed by atoms with Crippen molar-refractivity contribution in [3.05, 3.63) is 41.8 Å². The Balaban J connectivity index is 1.60. The number of halogens is 1. The van der Waals surface area contributed by atoms with Gasteiger partial charge in [0.05, 0.1) is 0 Å². The largest absolute Gasteiger partial charge is 0.365 e. The van der Waals surface area contributed by atoms with Crippen molar-refractivity contribution in [2.45, 2.75) is 37.3 Å². The van der Waals surface area contributed by atoms with Crippen molar-refractivity contribution >= 4 is 23.4 Å². The zero-order chi connectivity index (χ0) is 18.3. The highest BCUT2D eigenvalue weighted by atomic mass is 19.1. The molecule has 0 saturated heterocycles. The van der Waals surface area contributed by atoms with Gasteiger partial charge in [-0.05, 0) is 55.9 Å². The van der Waals surface area contributed by atoms with E-state index in [0.29, 0.717) is 17.6 Å². The zero-order valence-electron chi connectivity index (χ0n) is 14.2. The normalized spacial score (nSPS) is 18.8. The summed E-state index contributed by atoms with van der Waals surface area (Å²) in [6, 6.07) is 5.88. The summed E-state index contributed by atoms with van der Waals surface area (Å²) in [7, 11) is 0. The SMILES string of the molecule is NC(=O)c1cnc(N[C@H](C2CC2)C2(N)CC2)nc1Nc1ccc(F)cc1. The molecule has 1 aromatic heterocycles. The maximum absolute atomic E-state index is 13.1. The molecule has 8 heteroatoms. The summed E-state index contributed by atoms with van der Waals surface area (Å²) in [6.07, 6.45) is 5.67. The molecule has 0 unspecified atom stereocenters. The van der Waals surface area contributed by atoms with Crippen LogP contribution in [0, 0.1) is 11.7 Å². The first-order chi connectivity index (χ1) is 12.4. The molecule has 0 radical (unpaired) electrons. The lowest BCUT2D eigenvalue weighted by Gasteiger charge is -2.25. The van der Waals surface area contributed by atoms with Gasteiger partial charge in [-0.15, -0.1) is 0 Å². The Morgan fingerprint density at radius 2 is 1.96 bits per heavy atom. The van der Waals surface area contributed by atoms with Crippen LogP contribution in [-0.2, 0) is 0 Å². The van der Waals surface area contributed by atoms with Crippen LogP contribution >= 0.6 is 0 Å². The van der Waals surface area contributed by atoms with Crippen LogP contribution in [0.1, 0.15) is 36.0 Å². The van der Waals surface area contributed by atoms with E-state index in [9.17, 15) is 9.18 Å². The molecule has 0 aliphatic heterocycles. The van der Waals surface area contributed by atoms with Gasteiger partial charge in [0.1, 0.15) is 17.2 Å². The van der Waals surface area contributed by atoms with Gasteiger partial charge in [0.2, 0.25) is 5.95 Å². The first kappa shape index (κ1) is 16.7. The minimum atomic E-state index is -0.641. The summed E-state index contributed by atoms with van der Waals surface area (Å²) in [5, 5.41) is 6.35. The van der Waals surface area contributed by atoms with Crippen LogP contribution in [0.3, 0.4) is 0 Å². The molecule has 6 N–H and O–H groups in total. The fourth-order valence-electron chi connectivity index (χ4n) is 3.15. The minimum Gasteiger partial charge on any atom is -0.365 e. The third-order valence-corrected chi connectivity index (χ3v) is 4.99. The molecular weight excluding hydrogens is 335 g/mol. The average molecular weight is 356 g/mol. The molecule has 26 heavy (non-hydrogen) atoms. The first-order valence-corrected chi connectivity index (χ1v) is 8.69. The molecule has 7 nitrogen and oxygen atoms in total. The molecule has 2 fully saturated rings. The number of aromatic nitrogens is 2. The van der Waals surface area contributed by atoms with E-state index in [1.807, 2.05) is 0 Å². The second kappa shape index (κ2) is 6.21. The lowest BCUT2D eigenvalue weighted by molar-refractivity contribution is 0.100. The molecule has 1 amide bonds. The van der Waals surface area contributed by atoms with Crippen molar-refractivity contribution in [1.29, 1.82) is 0 Å². The van der Waals surface area contributed by atoms with E-state index in [4.69, 9.17) is 11.5 Å². The monoisotopic (exact) mass is 356 g/mol. The number of nitrogens with one attached hydrogen (secondary N) is 2. The van der Waals surface area contributed by atoms with Gasteiger partial charge in [0.15, 0.2) is 0 Å². The van der Waals surface area contributed by atoms with Crippen molar-refractivity contribution in [2.24, 2.45) is 17.4 Å². The number of nitrogens with two attached hydrogens (primary N) is 2. The number of benzene rings is 1. The number of carbonyl (C=O) groups excluding carboxylic acids is 1. The Kier molecular flexibility index (Phi) is 3.99. The second-order valence-electron chi connectivity index (χ2n) is 7.14. The molecule has 1 atom stereocenters. The second-order valence-corrected chi connectivity index (χ2v) is 7.14. The van der Waals surface area contributed by atoms with Crippen LogP contribution in [0.25, 0.3) is 0 Å². The van der Waals surface area contributed by atoms with Crippen LogP contribution < -0.4 is 22.1 Å². The van der Waals surface area contributed by atoms with Gasteiger partial charge in [-0.3, -0.25) is 4.79 Å². The topological polar surface area (TPSA) is 119 Å². The number of hydrogen-bond acceptors (Lipinski definition) is 6. The highest BCUT2D eigenvalue weighted by Crippen LogP contribution is 2.47. The van der Waals surface area contributed by atoms with Crippen LogP contribution in [-0.4, -0.2) is 27.5 Å². The van der Waals surface area contributed by atoms with Crippen molar-refractivity contribution < 1.29 is 9.18 Å². The number of primary amides is 1. The van der Waals surface area contributed by atoms with Crippen LogP contribution in [0.4, 0.5) is 21.8 Å². The summed E-state index contributed by atoms with van der Waals surface area (Å²) < 4.78 is 13.1. The van der Waals surface area contributed by atoms with E-state index in [0.717, 1.165) is 25.7 Å². The summed E-state index contributed by atoms with van der Waals surface area (Å²) in [6.45, 7) is 0. The fraction of sp³-hybridized carbons (Fsp3) is 0.389. The smallest absolute Gasteiger partial charge is 0.254 e. The quantitative estimate of drug-likeness (QED) is 0.603. The Morgan fingerprint density at radius 1 is 1.27 bits per heavy atom. The van der Waals surface area contributed by atoms with Crippen molar-refractivity contribution in [1.82, 2.24) is 9.97 Å². The summed E-state index contributed by atoms with van der Waals surface area (Å²) in [5.74, 6) is 0.222. The van der Waals surface area contributed by atoms with E-state index >= 15 is 0 Å².